The molecule has 0 fully saturated rings. The summed E-state index contributed by atoms with van der Waals surface area (Å²) in [4.78, 5) is 13.0. The highest BCUT2D eigenvalue weighted by Crippen LogP contribution is 2.34. The van der Waals surface area contributed by atoms with Gasteiger partial charge < -0.3 is 9.47 Å². The zero-order chi connectivity index (χ0) is 12.1. The van der Waals surface area contributed by atoms with Crippen LogP contribution in [0, 0.1) is 6.92 Å². The van der Waals surface area contributed by atoms with Gasteiger partial charge >= 0.3 is 0 Å². The molecule has 0 saturated heterocycles. The highest BCUT2D eigenvalue weighted by Gasteiger charge is 2.15. The number of hydrogen-bond acceptors (Lipinski definition) is 4. The average Bonchev–Trinajstić information content (AvgIpc) is 2.28. The summed E-state index contributed by atoms with van der Waals surface area (Å²) in [5, 5.41) is 0. The number of alkyl halides is 1. The van der Waals surface area contributed by atoms with E-state index in [4.69, 9.17) is 9.47 Å². The second-order valence-corrected chi connectivity index (χ2v) is 3.12. The van der Waals surface area contributed by atoms with Gasteiger partial charge in [-0.3, -0.25) is 0 Å². The second kappa shape index (κ2) is 5.28. The number of isocyanates is 1. The first-order valence-corrected chi connectivity index (χ1v) is 4.57. The molecule has 5 heteroatoms. The van der Waals surface area contributed by atoms with Crippen molar-refractivity contribution in [3.8, 4) is 11.5 Å². The first-order valence-electron chi connectivity index (χ1n) is 4.57. The fraction of sp³-hybridized carbons (Fsp3) is 0.364. The van der Waals surface area contributed by atoms with Crippen LogP contribution in [0.25, 0.3) is 0 Å². The number of hydrogen-bond donors (Lipinski definition) is 0. The van der Waals surface area contributed by atoms with Crippen molar-refractivity contribution in [1.29, 1.82) is 0 Å². The van der Waals surface area contributed by atoms with E-state index in [1.54, 1.807) is 13.0 Å². The SMILES string of the molecule is COc1cc(C)c(C(F)N=C=O)cc1OC. The van der Waals surface area contributed by atoms with Gasteiger partial charge in [-0.25, -0.2) is 9.18 Å². The Kier molecular flexibility index (Phi) is 4.03. The van der Waals surface area contributed by atoms with Crippen molar-refractivity contribution in [3.05, 3.63) is 23.3 Å². The summed E-state index contributed by atoms with van der Waals surface area (Å²) in [6.45, 7) is 1.70. The highest BCUT2D eigenvalue weighted by molar-refractivity contribution is 5.48. The van der Waals surface area contributed by atoms with Crippen molar-refractivity contribution in [2.75, 3.05) is 14.2 Å². The molecule has 0 aromatic heterocycles. The molecular formula is C11H12FNO3. The van der Waals surface area contributed by atoms with Gasteiger partial charge in [0, 0.05) is 5.56 Å². The number of methoxy groups -OCH3 is 2. The van der Waals surface area contributed by atoms with E-state index in [1.807, 2.05) is 0 Å². The Balaban J connectivity index is 3.25. The molecule has 0 amide bonds. The van der Waals surface area contributed by atoms with Gasteiger partial charge in [-0.1, -0.05) is 0 Å². The van der Waals surface area contributed by atoms with E-state index >= 15 is 0 Å². The smallest absolute Gasteiger partial charge is 0.238 e. The molecule has 0 bridgehead atoms. The molecule has 86 valence electrons. The van der Waals surface area contributed by atoms with Gasteiger partial charge in [-0.05, 0) is 24.6 Å². The lowest BCUT2D eigenvalue weighted by atomic mass is 10.1. The summed E-state index contributed by atoms with van der Waals surface area (Å²) < 4.78 is 23.5. The molecule has 1 aromatic rings. The Morgan fingerprint density at radius 2 is 1.88 bits per heavy atom. The Labute approximate surface area is 92.7 Å². The van der Waals surface area contributed by atoms with E-state index in [0.29, 0.717) is 17.1 Å². The van der Waals surface area contributed by atoms with Crippen molar-refractivity contribution in [3.63, 3.8) is 0 Å². The zero-order valence-electron chi connectivity index (χ0n) is 9.28. The lowest BCUT2D eigenvalue weighted by Crippen LogP contribution is -1.97. The summed E-state index contributed by atoms with van der Waals surface area (Å²) in [6.07, 6.45) is -0.538. The Morgan fingerprint density at radius 1 is 1.31 bits per heavy atom. The molecule has 16 heavy (non-hydrogen) atoms. The Morgan fingerprint density at radius 3 is 2.38 bits per heavy atom. The number of rotatable bonds is 4. The van der Waals surface area contributed by atoms with Gasteiger partial charge in [0.2, 0.25) is 12.4 Å². The molecule has 0 heterocycles. The maximum Gasteiger partial charge on any atom is 0.238 e. The van der Waals surface area contributed by atoms with E-state index < -0.39 is 6.30 Å². The summed E-state index contributed by atoms with van der Waals surface area (Å²) in [6, 6.07) is 3.08. The van der Waals surface area contributed by atoms with Crippen LogP contribution in [-0.2, 0) is 4.79 Å². The molecule has 0 N–H and O–H groups in total. The number of aliphatic imine (C=N–C) groups is 1. The predicted molar refractivity (Wildman–Crippen MR) is 56.3 cm³/mol. The number of ether oxygens (including phenoxy) is 2. The minimum atomic E-state index is -1.72. The maximum absolute atomic E-state index is 13.4. The van der Waals surface area contributed by atoms with Gasteiger partial charge in [-0.2, -0.15) is 4.99 Å². The van der Waals surface area contributed by atoms with Gasteiger partial charge in [0.15, 0.2) is 11.5 Å². The lowest BCUT2D eigenvalue weighted by Gasteiger charge is -2.12. The Bertz CT molecular complexity index is 427. The number of aryl methyl sites for hydroxylation is 1. The van der Waals surface area contributed by atoms with Crippen LogP contribution in [0.3, 0.4) is 0 Å². The van der Waals surface area contributed by atoms with Crippen LogP contribution >= 0.6 is 0 Å². The third kappa shape index (κ3) is 2.38. The summed E-state index contributed by atoms with van der Waals surface area (Å²) in [5.74, 6) is 0.901. The van der Waals surface area contributed by atoms with Crippen LogP contribution in [0.5, 0.6) is 11.5 Å². The quantitative estimate of drug-likeness (QED) is 0.449. The van der Waals surface area contributed by atoms with E-state index in [9.17, 15) is 9.18 Å². The topological polar surface area (TPSA) is 47.9 Å². The van der Waals surface area contributed by atoms with Gasteiger partial charge in [0.05, 0.1) is 14.2 Å². The monoisotopic (exact) mass is 225 g/mol. The van der Waals surface area contributed by atoms with Crippen LogP contribution < -0.4 is 9.47 Å². The summed E-state index contributed by atoms with van der Waals surface area (Å²) >= 11 is 0. The van der Waals surface area contributed by atoms with E-state index in [2.05, 4.69) is 4.99 Å². The predicted octanol–water partition coefficient (Wildman–Crippen LogP) is 2.32. The van der Waals surface area contributed by atoms with Crippen molar-refractivity contribution in [1.82, 2.24) is 0 Å². The molecule has 0 spiro atoms. The Hall–Kier alpha value is -1.87. The largest absolute Gasteiger partial charge is 0.493 e. The lowest BCUT2D eigenvalue weighted by molar-refractivity contribution is 0.340. The third-order valence-corrected chi connectivity index (χ3v) is 2.19. The first-order chi connectivity index (χ1) is 7.63. The third-order valence-electron chi connectivity index (χ3n) is 2.19. The minimum absolute atomic E-state index is 0.265. The summed E-state index contributed by atoms with van der Waals surface area (Å²) in [5.41, 5.74) is 0.894. The van der Waals surface area contributed by atoms with Crippen LogP contribution in [0.1, 0.15) is 17.4 Å². The minimum Gasteiger partial charge on any atom is -0.493 e. The van der Waals surface area contributed by atoms with Crippen molar-refractivity contribution in [2.24, 2.45) is 4.99 Å². The maximum atomic E-state index is 13.4. The molecule has 0 aliphatic carbocycles. The number of benzene rings is 1. The van der Waals surface area contributed by atoms with Gasteiger partial charge in [0.25, 0.3) is 0 Å². The van der Waals surface area contributed by atoms with E-state index in [-0.39, 0.29) is 5.56 Å². The highest BCUT2D eigenvalue weighted by atomic mass is 19.1. The molecule has 0 aliphatic heterocycles. The molecule has 1 atom stereocenters. The normalized spacial score (nSPS) is 11.5. The number of halogens is 1. The molecule has 1 unspecified atom stereocenters. The number of carbonyl (C=O) groups excluding carboxylic acids is 1. The van der Waals surface area contributed by atoms with Gasteiger partial charge in [0.1, 0.15) is 0 Å². The molecule has 0 radical (unpaired) electrons. The van der Waals surface area contributed by atoms with Crippen molar-refractivity contribution < 1.29 is 18.7 Å². The summed E-state index contributed by atoms with van der Waals surface area (Å²) in [7, 11) is 2.95. The fourth-order valence-electron chi connectivity index (χ4n) is 1.37. The molecular weight excluding hydrogens is 213 g/mol. The molecule has 0 saturated carbocycles. The average molecular weight is 225 g/mol. The van der Waals surface area contributed by atoms with Crippen LogP contribution in [0.2, 0.25) is 0 Å². The molecule has 4 nitrogen and oxygen atoms in total. The number of nitrogens with zero attached hydrogens (tertiary/aromatic N) is 1. The zero-order valence-corrected chi connectivity index (χ0v) is 9.28. The van der Waals surface area contributed by atoms with E-state index in [1.165, 1.54) is 26.4 Å². The molecule has 1 rings (SSSR count). The fourth-order valence-corrected chi connectivity index (χ4v) is 1.37. The van der Waals surface area contributed by atoms with Crippen LogP contribution in [0.4, 0.5) is 4.39 Å². The molecule has 1 aromatic carbocycles. The van der Waals surface area contributed by atoms with Crippen LogP contribution in [-0.4, -0.2) is 20.3 Å². The second-order valence-electron chi connectivity index (χ2n) is 3.12. The van der Waals surface area contributed by atoms with Crippen LogP contribution in [0.15, 0.2) is 17.1 Å². The van der Waals surface area contributed by atoms with E-state index in [0.717, 1.165) is 0 Å². The molecule has 0 aliphatic rings. The van der Waals surface area contributed by atoms with Crippen molar-refractivity contribution in [2.45, 2.75) is 13.2 Å². The standard InChI is InChI=1S/C11H12FNO3/c1-7-4-9(15-2)10(16-3)5-8(7)11(12)13-6-14/h4-5,11H,1-3H3. The van der Waals surface area contributed by atoms with Crippen molar-refractivity contribution >= 4 is 6.08 Å². The van der Waals surface area contributed by atoms with Gasteiger partial charge in [-0.15, -0.1) is 0 Å². The first kappa shape index (κ1) is 12.2.